The van der Waals surface area contributed by atoms with E-state index in [1.807, 2.05) is 66.5 Å². The van der Waals surface area contributed by atoms with Crippen LogP contribution in [0.5, 0.6) is 0 Å². The fourth-order valence-corrected chi connectivity index (χ4v) is 5.37. The number of amides is 2. The lowest BCUT2D eigenvalue weighted by atomic mass is 9.96. The zero-order valence-electron chi connectivity index (χ0n) is 18.9. The number of hydrogen-bond acceptors (Lipinski definition) is 4. The van der Waals surface area contributed by atoms with Crippen LogP contribution in [0.25, 0.3) is 10.9 Å². The molecule has 1 unspecified atom stereocenters. The first-order valence-corrected chi connectivity index (χ1v) is 11.5. The first-order valence-electron chi connectivity index (χ1n) is 11.5. The van der Waals surface area contributed by atoms with Gasteiger partial charge >= 0.3 is 0 Å². The lowest BCUT2D eigenvalue weighted by Crippen LogP contribution is -2.51. The van der Waals surface area contributed by atoms with Crippen molar-refractivity contribution in [2.45, 2.75) is 25.7 Å². The Hall–Kier alpha value is -4.13. The van der Waals surface area contributed by atoms with E-state index in [0.29, 0.717) is 13.1 Å². The molecule has 0 radical (unpaired) electrons. The fraction of sp³-hybridized carbons (Fsp3) is 0.222. The van der Waals surface area contributed by atoms with Crippen LogP contribution in [-0.2, 0) is 24.3 Å². The molecule has 0 bridgehead atoms. The normalized spacial score (nSPS) is 16.7. The smallest absolute Gasteiger partial charge is 0.257 e. The van der Waals surface area contributed by atoms with Gasteiger partial charge in [-0.2, -0.15) is 0 Å². The Morgan fingerprint density at radius 3 is 2.71 bits per heavy atom. The third-order valence-electron chi connectivity index (χ3n) is 6.90. The van der Waals surface area contributed by atoms with Gasteiger partial charge in [-0.05, 0) is 42.3 Å². The van der Waals surface area contributed by atoms with E-state index in [1.165, 1.54) is 5.56 Å². The number of anilines is 1. The molecule has 1 N–H and O–H groups in total. The SMILES string of the molecule is CN1c2ccccc2C(=O)N2CCc3c(n(CC(=O)NCc4ccccn4)c4ccccc34)C21. The molecule has 0 spiro atoms. The molecule has 2 aliphatic rings. The molecule has 4 heterocycles. The number of carbonyl (C=O) groups excluding carboxylic acids is 2. The second-order valence-corrected chi connectivity index (χ2v) is 8.82. The number of nitrogens with zero attached hydrogens (tertiary/aromatic N) is 4. The Morgan fingerprint density at radius 2 is 1.85 bits per heavy atom. The number of aromatic nitrogens is 2. The van der Waals surface area contributed by atoms with Crippen molar-refractivity contribution in [3.8, 4) is 0 Å². The molecule has 2 aromatic carbocycles. The van der Waals surface area contributed by atoms with Gasteiger partial charge in [0.15, 0.2) is 0 Å². The van der Waals surface area contributed by atoms with Gasteiger partial charge in [-0.25, -0.2) is 0 Å². The molecule has 0 saturated heterocycles. The number of hydrogen-bond donors (Lipinski definition) is 1. The van der Waals surface area contributed by atoms with Crippen molar-refractivity contribution in [1.29, 1.82) is 0 Å². The maximum atomic E-state index is 13.4. The summed E-state index contributed by atoms with van der Waals surface area (Å²) in [5, 5.41) is 4.15. The molecular formula is C27H25N5O2. The Balaban J connectivity index is 1.41. The molecule has 170 valence electrons. The zero-order valence-corrected chi connectivity index (χ0v) is 18.9. The fourth-order valence-electron chi connectivity index (χ4n) is 5.37. The molecule has 0 aliphatic carbocycles. The number of pyridine rings is 1. The highest BCUT2D eigenvalue weighted by atomic mass is 16.2. The van der Waals surface area contributed by atoms with E-state index in [4.69, 9.17) is 0 Å². The van der Waals surface area contributed by atoms with Crippen LogP contribution in [0.2, 0.25) is 0 Å². The molecule has 7 nitrogen and oxygen atoms in total. The van der Waals surface area contributed by atoms with Crippen LogP contribution in [-0.4, -0.2) is 39.9 Å². The molecule has 0 fully saturated rings. The van der Waals surface area contributed by atoms with Gasteiger partial charge < -0.3 is 19.7 Å². The minimum absolute atomic E-state index is 0.0424. The highest BCUT2D eigenvalue weighted by Gasteiger charge is 2.42. The van der Waals surface area contributed by atoms with Gasteiger partial charge in [0.1, 0.15) is 12.7 Å². The minimum atomic E-state index is -0.262. The molecule has 34 heavy (non-hydrogen) atoms. The molecule has 4 aromatic rings. The van der Waals surface area contributed by atoms with Crippen molar-refractivity contribution < 1.29 is 9.59 Å². The van der Waals surface area contributed by atoms with Gasteiger partial charge in [-0.15, -0.1) is 0 Å². The van der Waals surface area contributed by atoms with E-state index in [-0.39, 0.29) is 24.5 Å². The van der Waals surface area contributed by atoms with E-state index in [2.05, 4.69) is 31.9 Å². The second kappa shape index (κ2) is 8.02. The van der Waals surface area contributed by atoms with Gasteiger partial charge in [-0.3, -0.25) is 14.6 Å². The summed E-state index contributed by atoms with van der Waals surface area (Å²) in [6.45, 7) is 1.20. The van der Waals surface area contributed by atoms with Crippen LogP contribution in [0, 0.1) is 0 Å². The van der Waals surface area contributed by atoms with Crippen molar-refractivity contribution in [1.82, 2.24) is 19.8 Å². The van der Waals surface area contributed by atoms with Crippen molar-refractivity contribution in [2.75, 3.05) is 18.5 Å². The van der Waals surface area contributed by atoms with Crippen LogP contribution < -0.4 is 10.2 Å². The summed E-state index contributed by atoms with van der Waals surface area (Å²) in [5.41, 5.74) is 5.70. The summed E-state index contributed by atoms with van der Waals surface area (Å²) < 4.78 is 2.09. The van der Waals surface area contributed by atoms with Crippen LogP contribution in [0.4, 0.5) is 5.69 Å². The van der Waals surface area contributed by atoms with Gasteiger partial charge in [0, 0.05) is 30.7 Å². The molecule has 2 aromatic heterocycles. The number of rotatable bonds is 4. The number of nitrogens with one attached hydrogen (secondary N) is 1. The molecule has 2 amide bonds. The first kappa shape index (κ1) is 20.5. The number of benzene rings is 2. The molecular weight excluding hydrogens is 426 g/mol. The van der Waals surface area contributed by atoms with Crippen molar-refractivity contribution in [2.24, 2.45) is 0 Å². The number of para-hydroxylation sites is 2. The van der Waals surface area contributed by atoms with E-state index < -0.39 is 0 Å². The summed E-state index contributed by atoms with van der Waals surface area (Å²) in [4.78, 5) is 34.9. The van der Waals surface area contributed by atoms with Crippen LogP contribution in [0.1, 0.15) is 33.5 Å². The maximum absolute atomic E-state index is 13.4. The second-order valence-electron chi connectivity index (χ2n) is 8.82. The van der Waals surface area contributed by atoms with Gasteiger partial charge in [0.25, 0.3) is 5.91 Å². The molecule has 7 heteroatoms. The maximum Gasteiger partial charge on any atom is 0.257 e. The lowest BCUT2D eigenvalue weighted by Gasteiger charge is -2.46. The third-order valence-corrected chi connectivity index (χ3v) is 6.90. The summed E-state index contributed by atoms with van der Waals surface area (Å²) in [6.07, 6.45) is 2.22. The lowest BCUT2D eigenvalue weighted by molar-refractivity contribution is -0.121. The average Bonchev–Trinajstić information content (AvgIpc) is 3.20. The van der Waals surface area contributed by atoms with Crippen LogP contribution in [0.3, 0.4) is 0 Å². The van der Waals surface area contributed by atoms with Gasteiger partial charge in [0.05, 0.1) is 29.2 Å². The summed E-state index contributed by atoms with van der Waals surface area (Å²) in [7, 11) is 2.03. The Kier molecular flexibility index (Phi) is 4.83. The minimum Gasteiger partial charge on any atom is -0.349 e. The third kappa shape index (κ3) is 3.15. The number of fused-ring (bicyclic) bond motifs is 6. The number of carbonyl (C=O) groups is 2. The summed E-state index contributed by atoms with van der Waals surface area (Å²) >= 11 is 0. The predicted molar refractivity (Wildman–Crippen MR) is 130 cm³/mol. The molecule has 1 atom stereocenters. The quantitative estimate of drug-likeness (QED) is 0.516. The Morgan fingerprint density at radius 1 is 1.06 bits per heavy atom. The largest absolute Gasteiger partial charge is 0.349 e. The highest BCUT2D eigenvalue weighted by molar-refractivity contribution is 6.02. The van der Waals surface area contributed by atoms with Crippen molar-refractivity contribution in [3.05, 3.63) is 95.4 Å². The predicted octanol–water partition coefficient (Wildman–Crippen LogP) is 3.50. The first-order chi connectivity index (χ1) is 16.6. The molecule has 0 saturated carbocycles. The van der Waals surface area contributed by atoms with Crippen LogP contribution in [0.15, 0.2) is 72.9 Å². The monoisotopic (exact) mass is 451 g/mol. The zero-order chi connectivity index (χ0) is 23.2. The van der Waals surface area contributed by atoms with Gasteiger partial charge in [-0.1, -0.05) is 36.4 Å². The molecule has 2 aliphatic heterocycles. The van der Waals surface area contributed by atoms with E-state index >= 15 is 0 Å². The summed E-state index contributed by atoms with van der Waals surface area (Å²) in [6, 6.07) is 21.6. The van der Waals surface area contributed by atoms with E-state index in [0.717, 1.165) is 40.0 Å². The average molecular weight is 452 g/mol. The van der Waals surface area contributed by atoms with Crippen molar-refractivity contribution in [3.63, 3.8) is 0 Å². The van der Waals surface area contributed by atoms with Crippen LogP contribution >= 0.6 is 0 Å². The van der Waals surface area contributed by atoms with Gasteiger partial charge in [0.2, 0.25) is 5.91 Å². The summed E-state index contributed by atoms with van der Waals surface area (Å²) in [5.74, 6) is -0.0442. The van der Waals surface area contributed by atoms with E-state index in [9.17, 15) is 9.59 Å². The Labute approximate surface area is 197 Å². The topological polar surface area (TPSA) is 70.5 Å². The van der Waals surface area contributed by atoms with E-state index in [1.54, 1.807) is 6.20 Å². The van der Waals surface area contributed by atoms with Crippen molar-refractivity contribution >= 4 is 28.4 Å². The Bertz CT molecular complexity index is 1410. The highest BCUT2D eigenvalue weighted by Crippen LogP contribution is 2.44. The standard InChI is InChI=1S/C27H25N5O2/c1-30-22-11-4-3-10-21(22)27(34)31-15-13-20-19-9-2-5-12-23(19)32(25(20)26(30)31)17-24(33)29-16-18-8-6-7-14-28-18/h2-12,14,26H,13,15-17H2,1H3,(H,29,33). The molecule has 6 rings (SSSR count).